The highest BCUT2D eigenvalue weighted by molar-refractivity contribution is 5.74. The predicted octanol–water partition coefficient (Wildman–Crippen LogP) is 2.57. The highest BCUT2D eigenvalue weighted by atomic mass is 16.5. The maximum absolute atomic E-state index is 11.4. The first kappa shape index (κ1) is 10.2. The van der Waals surface area contributed by atoms with Crippen molar-refractivity contribution in [2.75, 3.05) is 0 Å². The standard InChI is InChI=1S/C13H16O2/c1-10-9-12(13(14)15-10)8-7-11-5-3-2-4-6-11/h2-6,10,12H,7-9H2,1H3. The molecule has 2 heteroatoms. The summed E-state index contributed by atoms with van der Waals surface area (Å²) in [5, 5.41) is 0. The molecule has 1 heterocycles. The van der Waals surface area contributed by atoms with Gasteiger partial charge < -0.3 is 4.74 Å². The summed E-state index contributed by atoms with van der Waals surface area (Å²) in [6.45, 7) is 1.96. The van der Waals surface area contributed by atoms with Crippen LogP contribution < -0.4 is 0 Å². The molecule has 1 aromatic rings. The molecule has 2 nitrogen and oxygen atoms in total. The van der Waals surface area contributed by atoms with Crippen molar-refractivity contribution < 1.29 is 9.53 Å². The van der Waals surface area contributed by atoms with Crippen molar-refractivity contribution in [3.8, 4) is 0 Å². The van der Waals surface area contributed by atoms with Crippen molar-refractivity contribution >= 4 is 5.97 Å². The molecule has 1 aromatic carbocycles. The Labute approximate surface area is 90.3 Å². The van der Waals surface area contributed by atoms with E-state index in [1.807, 2.05) is 25.1 Å². The zero-order valence-electron chi connectivity index (χ0n) is 8.98. The number of ether oxygens (including phenoxy) is 1. The summed E-state index contributed by atoms with van der Waals surface area (Å²) in [6.07, 6.45) is 2.87. The number of benzene rings is 1. The van der Waals surface area contributed by atoms with E-state index in [-0.39, 0.29) is 18.0 Å². The van der Waals surface area contributed by atoms with Gasteiger partial charge in [-0.25, -0.2) is 0 Å². The number of esters is 1. The van der Waals surface area contributed by atoms with Crippen LogP contribution in [-0.2, 0) is 16.0 Å². The first-order chi connectivity index (χ1) is 7.25. The maximum Gasteiger partial charge on any atom is 0.309 e. The Hall–Kier alpha value is -1.31. The van der Waals surface area contributed by atoms with Crippen molar-refractivity contribution in [1.82, 2.24) is 0 Å². The van der Waals surface area contributed by atoms with E-state index in [4.69, 9.17) is 4.74 Å². The minimum atomic E-state index is -0.0153. The molecule has 2 rings (SSSR count). The van der Waals surface area contributed by atoms with Gasteiger partial charge in [0.05, 0.1) is 12.0 Å². The molecule has 0 aromatic heterocycles. The minimum absolute atomic E-state index is 0.0153. The van der Waals surface area contributed by atoms with Gasteiger partial charge in [0.15, 0.2) is 0 Å². The Kier molecular flexibility index (Phi) is 3.05. The molecule has 1 fully saturated rings. The predicted molar refractivity (Wildman–Crippen MR) is 58.4 cm³/mol. The molecule has 0 radical (unpaired) electrons. The molecule has 1 saturated heterocycles. The van der Waals surface area contributed by atoms with E-state index in [1.54, 1.807) is 0 Å². The van der Waals surface area contributed by atoms with E-state index < -0.39 is 0 Å². The fourth-order valence-corrected chi connectivity index (χ4v) is 2.06. The second-order valence-electron chi connectivity index (χ2n) is 4.20. The van der Waals surface area contributed by atoms with Crippen LogP contribution in [0, 0.1) is 5.92 Å². The summed E-state index contributed by atoms with van der Waals surface area (Å²) in [5.74, 6) is 0.0960. The summed E-state index contributed by atoms with van der Waals surface area (Å²) < 4.78 is 5.12. The Morgan fingerprint density at radius 2 is 2.07 bits per heavy atom. The second-order valence-corrected chi connectivity index (χ2v) is 4.20. The smallest absolute Gasteiger partial charge is 0.309 e. The summed E-state index contributed by atoms with van der Waals surface area (Å²) in [7, 11) is 0. The zero-order chi connectivity index (χ0) is 10.7. The lowest BCUT2D eigenvalue weighted by Gasteiger charge is -2.04. The van der Waals surface area contributed by atoms with Crippen LogP contribution in [0.15, 0.2) is 30.3 Å². The van der Waals surface area contributed by atoms with Crippen LogP contribution in [0.4, 0.5) is 0 Å². The molecular formula is C13H16O2. The number of carbonyl (C=O) groups excluding carboxylic acids is 1. The van der Waals surface area contributed by atoms with Crippen molar-refractivity contribution in [3.05, 3.63) is 35.9 Å². The Balaban J connectivity index is 1.86. The van der Waals surface area contributed by atoms with Gasteiger partial charge in [0.1, 0.15) is 0 Å². The second kappa shape index (κ2) is 4.47. The first-order valence-corrected chi connectivity index (χ1v) is 5.50. The summed E-state index contributed by atoms with van der Waals surface area (Å²) in [6, 6.07) is 10.3. The minimum Gasteiger partial charge on any atom is -0.462 e. The SMILES string of the molecule is CC1CC(CCc2ccccc2)C(=O)O1. The van der Waals surface area contributed by atoms with Crippen molar-refractivity contribution in [3.63, 3.8) is 0 Å². The zero-order valence-corrected chi connectivity index (χ0v) is 8.98. The van der Waals surface area contributed by atoms with Gasteiger partial charge in [0, 0.05) is 0 Å². The molecule has 15 heavy (non-hydrogen) atoms. The molecule has 0 bridgehead atoms. The van der Waals surface area contributed by atoms with E-state index in [1.165, 1.54) is 5.56 Å². The van der Waals surface area contributed by atoms with E-state index in [0.717, 1.165) is 19.3 Å². The molecule has 1 aliphatic rings. The van der Waals surface area contributed by atoms with Gasteiger partial charge in [0.2, 0.25) is 0 Å². The number of carbonyl (C=O) groups is 1. The molecule has 2 unspecified atom stereocenters. The highest BCUT2D eigenvalue weighted by Crippen LogP contribution is 2.25. The first-order valence-electron chi connectivity index (χ1n) is 5.50. The highest BCUT2D eigenvalue weighted by Gasteiger charge is 2.30. The Bertz CT molecular complexity index is 332. The maximum atomic E-state index is 11.4. The summed E-state index contributed by atoms with van der Waals surface area (Å²) in [4.78, 5) is 11.4. The van der Waals surface area contributed by atoms with Gasteiger partial charge in [-0.3, -0.25) is 4.79 Å². The number of hydrogen-bond acceptors (Lipinski definition) is 2. The quantitative estimate of drug-likeness (QED) is 0.707. The molecule has 2 atom stereocenters. The van der Waals surface area contributed by atoms with Gasteiger partial charge in [0.25, 0.3) is 0 Å². The number of hydrogen-bond donors (Lipinski definition) is 0. The Morgan fingerprint density at radius 1 is 1.33 bits per heavy atom. The lowest BCUT2D eigenvalue weighted by Crippen LogP contribution is -2.08. The van der Waals surface area contributed by atoms with Crippen LogP contribution in [0.25, 0.3) is 0 Å². The number of cyclic esters (lactones) is 1. The molecular weight excluding hydrogens is 188 g/mol. The van der Waals surface area contributed by atoms with E-state index in [0.29, 0.717) is 0 Å². The average molecular weight is 204 g/mol. The lowest BCUT2D eigenvalue weighted by molar-refractivity contribution is -0.143. The van der Waals surface area contributed by atoms with Crippen LogP contribution in [0.5, 0.6) is 0 Å². The molecule has 0 N–H and O–H groups in total. The average Bonchev–Trinajstić information content (AvgIpc) is 2.56. The van der Waals surface area contributed by atoms with Crippen LogP contribution >= 0.6 is 0 Å². The van der Waals surface area contributed by atoms with E-state index in [2.05, 4.69) is 12.1 Å². The van der Waals surface area contributed by atoms with E-state index >= 15 is 0 Å². The molecule has 0 aliphatic carbocycles. The lowest BCUT2D eigenvalue weighted by atomic mass is 9.97. The monoisotopic (exact) mass is 204 g/mol. The molecule has 0 saturated carbocycles. The van der Waals surface area contributed by atoms with Gasteiger partial charge in [-0.2, -0.15) is 0 Å². The third-order valence-corrected chi connectivity index (χ3v) is 2.89. The van der Waals surface area contributed by atoms with Gasteiger partial charge in [-0.15, -0.1) is 0 Å². The summed E-state index contributed by atoms with van der Waals surface area (Å²) in [5.41, 5.74) is 1.30. The van der Waals surface area contributed by atoms with Crippen LogP contribution in [0.1, 0.15) is 25.3 Å². The van der Waals surface area contributed by atoms with Crippen molar-refractivity contribution in [1.29, 1.82) is 0 Å². The largest absolute Gasteiger partial charge is 0.462 e. The van der Waals surface area contributed by atoms with Crippen LogP contribution in [-0.4, -0.2) is 12.1 Å². The fraction of sp³-hybridized carbons (Fsp3) is 0.462. The van der Waals surface area contributed by atoms with Crippen LogP contribution in [0.3, 0.4) is 0 Å². The number of aryl methyl sites for hydroxylation is 1. The summed E-state index contributed by atoms with van der Waals surface area (Å²) >= 11 is 0. The van der Waals surface area contributed by atoms with Gasteiger partial charge in [-0.05, 0) is 31.7 Å². The topological polar surface area (TPSA) is 26.3 Å². The normalized spacial score (nSPS) is 25.3. The van der Waals surface area contributed by atoms with Crippen LogP contribution in [0.2, 0.25) is 0 Å². The molecule has 1 aliphatic heterocycles. The molecule has 0 amide bonds. The molecule has 0 spiro atoms. The van der Waals surface area contributed by atoms with E-state index in [9.17, 15) is 4.79 Å². The van der Waals surface area contributed by atoms with Gasteiger partial charge in [-0.1, -0.05) is 30.3 Å². The third-order valence-electron chi connectivity index (χ3n) is 2.89. The molecule has 80 valence electrons. The van der Waals surface area contributed by atoms with Crippen molar-refractivity contribution in [2.45, 2.75) is 32.3 Å². The third kappa shape index (κ3) is 2.58. The van der Waals surface area contributed by atoms with Gasteiger partial charge >= 0.3 is 5.97 Å². The Morgan fingerprint density at radius 3 is 2.67 bits per heavy atom. The van der Waals surface area contributed by atoms with Crippen molar-refractivity contribution in [2.24, 2.45) is 5.92 Å². The fourth-order valence-electron chi connectivity index (χ4n) is 2.06. The number of rotatable bonds is 3.